The highest BCUT2D eigenvalue weighted by Gasteiger charge is 2.46. The Balaban J connectivity index is 1.28. The van der Waals surface area contributed by atoms with Crippen molar-refractivity contribution in [1.29, 1.82) is 0 Å². The predicted octanol–water partition coefficient (Wildman–Crippen LogP) is 8.85. The Hall–Kier alpha value is -3.66. The fourth-order valence-electron chi connectivity index (χ4n) is 6.19. The summed E-state index contributed by atoms with van der Waals surface area (Å²) in [5.41, 5.74) is 8.20. The minimum absolute atomic E-state index is 0.0391. The Bertz CT molecular complexity index is 1430. The van der Waals surface area contributed by atoms with Crippen LogP contribution in [0.5, 0.6) is 0 Å². The topological polar surface area (TPSA) is 52.3 Å². The zero-order valence-corrected chi connectivity index (χ0v) is 24.5. The molecule has 1 unspecified atom stereocenters. The van der Waals surface area contributed by atoms with E-state index in [1.54, 1.807) is 0 Å². The van der Waals surface area contributed by atoms with E-state index in [9.17, 15) is 4.79 Å². The quantitative estimate of drug-likeness (QED) is 0.180. The lowest BCUT2D eigenvalue weighted by Crippen LogP contribution is -2.21. The number of hydrogen-bond acceptors (Lipinski definition) is 4. The minimum Gasteiger partial charge on any atom is -0.466 e. The van der Waals surface area contributed by atoms with Crippen molar-refractivity contribution < 1.29 is 14.1 Å². The van der Waals surface area contributed by atoms with Crippen LogP contribution in [0.3, 0.4) is 0 Å². The maximum absolute atomic E-state index is 12.1. The van der Waals surface area contributed by atoms with Gasteiger partial charge in [-0.25, -0.2) is 0 Å². The number of esters is 1. The van der Waals surface area contributed by atoms with Crippen LogP contribution < -0.4 is 0 Å². The van der Waals surface area contributed by atoms with Crippen LogP contribution in [0.15, 0.2) is 83.4 Å². The molecule has 1 aromatic heterocycles. The average Bonchev–Trinajstić information content (AvgIpc) is 3.64. The van der Waals surface area contributed by atoms with Gasteiger partial charge in [-0.1, -0.05) is 105 Å². The molecule has 4 nitrogen and oxygen atoms in total. The standard InChI is InChI=1S/C36H41NO3/c1-6-39-33(38)24-36(20-21-36)31-18-16-28(17-19-31)27-12-14-29(15-13-27)34-32(26(3)37-40-34)22-25(2)23-35(4,5)30-10-8-7-9-11-30/h7-19,25H,6,20-24H2,1-5H3. The van der Waals surface area contributed by atoms with Gasteiger partial charge in [-0.2, -0.15) is 0 Å². The molecule has 40 heavy (non-hydrogen) atoms. The van der Waals surface area contributed by atoms with Crippen LogP contribution in [0.25, 0.3) is 22.5 Å². The molecule has 0 N–H and O–H groups in total. The number of nitrogens with zero attached hydrogens (tertiary/aromatic N) is 1. The van der Waals surface area contributed by atoms with Gasteiger partial charge in [0, 0.05) is 16.5 Å². The average molecular weight is 536 g/mol. The Labute approximate surface area is 238 Å². The van der Waals surface area contributed by atoms with Gasteiger partial charge in [-0.05, 0) is 73.1 Å². The Morgan fingerprint density at radius 2 is 1.55 bits per heavy atom. The summed E-state index contributed by atoms with van der Waals surface area (Å²) in [6, 6.07) is 28.0. The molecule has 1 fully saturated rings. The van der Waals surface area contributed by atoms with Crippen LogP contribution in [0.2, 0.25) is 0 Å². The number of hydrogen-bond donors (Lipinski definition) is 0. The number of ether oxygens (including phenoxy) is 1. The minimum atomic E-state index is -0.101. The number of rotatable bonds is 11. The lowest BCUT2D eigenvalue weighted by Gasteiger charge is -2.29. The Kier molecular flexibility index (Phi) is 7.98. The number of carbonyl (C=O) groups excluding carboxylic acids is 1. The highest BCUT2D eigenvalue weighted by molar-refractivity contribution is 5.73. The van der Waals surface area contributed by atoms with Crippen LogP contribution in [-0.4, -0.2) is 17.7 Å². The van der Waals surface area contributed by atoms with Crippen molar-refractivity contribution in [3.63, 3.8) is 0 Å². The van der Waals surface area contributed by atoms with Crippen LogP contribution >= 0.6 is 0 Å². The molecular weight excluding hydrogens is 494 g/mol. The van der Waals surface area contributed by atoms with Crippen molar-refractivity contribution in [2.24, 2.45) is 5.92 Å². The third kappa shape index (κ3) is 6.06. The van der Waals surface area contributed by atoms with E-state index in [0.29, 0.717) is 18.9 Å². The van der Waals surface area contributed by atoms with E-state index < -0.39 is 0 Å². The largest absolute Gasteiger partial charge is 0.466 e. The molecule has 0 spiro atoms. The molecule has 4 heteroatoms. The summed E-state index contributed by atoms with van der Waals surface area (Å²) in [5, 5.41) is 4.34. The molecule has 0 amide bonds. The van der Waals surface area contributed by atoms with E-state index in [4.69, 9.17) is 9.26 Å². The molecule has 3 aromatic carbocycles. The fraction of sp³-hybridized carbons (Fsp3) is 0.389. The first-order valence-corrected chi connectivity index (χ1v) is 14.6. The van der Waals surface area contributed by atoms with Gasteiger partial charge in [0.05, 0.1) is 18.7 Å². The maximum atomic E-state index is 12.1. The monoisotopic (exact) mass is 535 g/mol. The SMILES string of the molecule is CCOC(=O)CC1(c2ccc(-c3ccc(-c4onc(C)c4CC(C)CC(C)(C)c4ccccc4)cc3)cc2)CC1. The zero-order chi connectivity index (χ0) is 28.3. The second kappa shape index (κ2) is 11.4. The van der Waals surface area contributed by atoms with E-state index in [-0.39, 0.29) is 16.8 Å². The number of carbonyl (C=O) groups is 1. The van der Waals surface area contributed by atoms with Crippen LogP contribution in [0, 0.1) is 12.8 Å². The molecular formula is C36H41NO3. The van der Waals surface area contributed by atoms with Crippen LogP contribution in [0.4, 0.5) is 0 Å². The van der Waals surface area contributed by atoms with E-state index in [0.717, 1.165) is 53.8 Å². The summed E-state index contributed by atoms with van der Waals surface area (Å²) in [4.78, 5) is 12.1. The molecule has 5 rings (SSSR count). The Morgan fingerprint density at radius 3 is 2.15 bits per heavy atom. The third-order valence-electron chi connectivity index (χ3n) is 8.57. The lowest BCUT2D eigenvalue weighted by molar-refractivity contribution is -0.143. The maximum Gasteiger partial charge on any atom is 0.306 e. The van der Waals surface area contributed by atoms with Gasteiger partial charge in [-0.3, -0.25) is 4.79 Å². The van der Waals surface area contributed by atoms with Gasteiger partial charge in [0.2, 0.25) is 0 Å². The third-order valence-corrected chi connectivity index (χ3v) is 8.57. The number of aryl methyl sites for hydroxylation is 1. The lowest BCUT2D eigenvalue weighted by atomic mass is 9.76. The molecule has 1 saturated carbocycles. The van der Waals surface area contributed by atoms with Crippen molar-refractivity contribution in [2.45, 2.75) is 77.6 Å². The fourth-order valence-corrected chi connectivity index (χ4v) is 6.19. The molecule has 4 aromatic rings. The van der Waals surface area contributed by atoms with Crippen molar-refractivity contribution in [1.82, 2.24) is 5.16 Å². The highest BCUT2D eigenvalue weighted by atomic mass is 16.5. The van der Waals surface area contributed by atoms with Crippen LogP contribution in [0.1, 0.15) is 75.8 Å². The van der Waals surface area contributed by atoms with Gasteiger partial charge in [0.15, 0.2) is 5.76 Å². The summed E-state index contributed by atoms with van der Waals surface area (Å²) < 4.78 is 11.1. The second-order valence-corrected chi connectivity index (χ2v) is 12.3. The molecule has 0 saturated heterocycles. The molecule has 0 bridgehead atoms. The molecule has 1 aliphatic rings. The second-order valence-electron chi connectivity index (χ2n) is 12.3. The Morgan fingerprint density at radius 1 is 0.950 bits per heavy atom. The van der Waals surface area contributed by atoms with E-state index in [1.165, 1.54) is 16.7 Å². The molecule has 208 valence electrons. The summed E-state index contributed by atoms with van der Waals surface area (Å²) in [5.74, 6) is 1.25. The van der Waals surface area contributed by atoms with Gasteiger partial charge >= 0.3 is 5.97 Å². The van der Waals surface area contributed by atoms with Crippen molar-refractivity contribution in [3.05, 3.63) is 101 Å². The molecule has 1 heterocycles. The summed E-state index contributed by atoms with van der Waals surface area (Å²) >= 11 is 0. The van der Waals surface area contributed by atoms with E-state index >= 15 is 0 Å². The highest BCUT2D eigenvalue weighted by Crippen LogP contribution is 2.51. The van der Waals surface area contributed by atoms with E-state index in [2.05, 4.69) is 105 Å². The number of aromatic nitrogens is 1. The van der Waals surface area contributed by atoms with Crippen molar-refractivity contribution in [2.75, 3.05) is 6.61 Å². The first-order valence-electron chi connectivity index (χ1n) is 14.6. The van der Waals surface area contributed by atoms with Gasteiger partial charge in [0.25, 0.3) is 0 Å². The van der Waals surface area contributed by atoms with Crippen LogP contribution in [-0.2, 0) is 26.8 Å². The van der Waals surface area contributed by atoms with Gasteiger partial charge in [-0.15, -0.1) is 0 Å². The molecule has 1 atom stereocenters. The molecule has 1 aliphatic carbocycles. The normalized spacial score (nSPS) is 15.0. The first kappa shape index (κ1) is 27.9. The van der Waals surface area contributed by atoms with Gasteiger partial charge in [0.1, 0.15) is 0 Å². The summed E-state index contributed by atoms with van der Waals surface area (Å²) in [6.45, 7) is 11.3. The van der Waals surface area contributed by atoms with E-state index in [1.807, 2.05) is 13.8 Å². The number of benzene rings is 3. The van der Waals surface area contributed by atoms with Gasteiger partial charge < -0.3 is 9.26 Å². The molecule has 0 aliphatic heterocycles. The summed E-state index contributed by atoms with van der Waals surface area (Å²) in [7, 11) is 0. The summed E-state index contributed by atoms with van der Waals surface area (Å²) in [6.07, 6.45) is 4.56. The zero-order valence-electron chi connectivity index (χ0n) is 24.5. The van der Waals surface area contributed by atoms with Crippen molar-refractivity contribution >= 4 is 5.97 Å². The molecule has 0 radical (unpaired) electrons. The predicted molar refractivity (Wildman–Crippen MR) is 161 cm³/mol. The smallest absolute Gasteiger partial charge is 0.306 e. The van der Waals surface area contributed by atoms with Crippen molar-refractivity contribution in [3.8, 4) is 22.5 Å². The first-order chi connectivity index (χ1) is 19.2.